The summed E-state index contributed by atoms with van der Waals surface area (Å²) in [5.74, 6) is 3.05. The number of guanidine groups is 1. The van der Waals surface area contributed by atoms with Crippen LogP contribution in [0.15, 0.2) is 33.7 Å². The molecule has 0 radical (unpaired) electrons. The molecular weight excluding hydrogens is 344 g/mol. The third kappa shape index (κ3) is 7.30. The zero-order valence-electron chi connectivity index (χ0n) is 16.7. The molecule has 7 nitrogen and oxygen atoms in total. The van der Waals surface area contributed by atoms with Crippen LogP contribution in [0, 0.1) is 13.8 Å². The topological polar surface area (TPSA) is 80.9 Å². The van der Waals surface area contributed by atoms with E-state index in [1.165, 1.54) is 0 Å². The first kappa shape index (κ1) is 20.8. The number of aromatic nitrogens is 1. The molecule has 1 aromatic carbocycles. The van der Waals surface area contributed by atoms with Crippen molar-refractivity contribution in [2.24, 2.45) is 4.99 Å². The maximum absolute atomic E-state index is 5.62. The highest BCUT2D eigenvalue weighted by Gasteiger charge is 2.07. The number of aliphatic imine (C=N–C) groups is 1. The summed E-state index contributed by atoms with van der Waals surface area (Å²) in [5, 5.41) is 6.61. The van der Waals surface area contributed by atoms with Gasteiger partial charge in [-0.2, -0.15) is 0 Å². The number of benzene rings is 1. The monoisotopic (exact) mass is 374 g/mol. The molecule has 7 heteroatoms. The lowest BCUT2D eigenvalue weighted by Gasteiger charge is -2.12. The molecule has 2 aromatic rings. The molecule has 0 aliphatic heterocycles. The van der Waals surface area contributed by atoms with E-state index >= 15 is 0 Å². The molecule has 0 atom stereocenters. The molecule has 0 aliphatic rings. The minimum Gasteiger partial charge on any atom is -0.497 e. The van der Waals surface area contributed by atoms with E-state index < -0.39 is 0 Å². The highest BCUT2D eigenvalue weighted by Crippen LogP contribution is 2.12. The van der Waals surface area contributed by atoms with Gasteiger partial charge in [0.05, 0.1) is 25.9 Å². The summed E-state index contributed by atoms with van der Waals surface area (Å²) < 4.78 is 16.2. The van der Waals surface area contributed by atoms with Gasteiger partial charge in [-0.3, -0.25) is 0 Å². The number of ether oxygens (including phenoxy) is 2. The van der Waals surface area contributed by atoms with Gasteiger partial charge in [0.1, 0.15) is 11.5 Å². The largest absolute Gasteiger partial charge is 0.497 e. The van der Waals surface area contributed by atoms with Crippen LogP contribution in [-0.2, 0) is 17.8 Å². The zero-order chi connectivity index (χ0) is 19.5. The maximum Gasteiger partial charge on any atom is 0.214 e. The number of methoxy groups -OCH3 is 1. The molecule has 0 fully saturated rings. The summed E-state index contributed by atoms with van der Waals surface area (Å²) >= 11 is 0. The SMILES string of the molecule is CCOCCCNC(=NCc1ccc(OC)cc1)NCc1nc(C)c(C)o1. The Kier molecular flexibility index (Phi) is 8.64. The van der Waals surface area contributed by atoms with Crippen LogP contribution in [0.3, 0.4) is 0 Å². The second-order valence-corrected chi connectivity index (χ2v) is 6.09. The van der Waals surface area contributed by atoms with Crippen molar-refractivity contribution in [3.8, 4) is 5.75 Å². The normalized spacial score (nSPS) is 11.5. The first-order valence-corrected chi connectivity index (χ1v) is 9.28. The van der Waals surface area contributed by atoms with E-state index in [4.69, 9.17) is 13.9 Å². The van der Waals surface area contributed by atoms with E-state index in [2.05, 4.69) is 20.6 Å². The van der Waals surface area contributed by atoms with E-state index in [0.717, 1.165) is 54.9 Å². The molecule has 2 N–H and O–H groups in total. The summed E-state index contributed by atoms with van der Waals surface area (Å²) in [4.78, 5) is 9.05. The van der Waals surface area contributed by atoms with Gasteiger partial charge in [-0.05, 0) is 44.9 Å². The summed E-state index contributed by atoms with van der Waals surface area (Å²) in [6.07, 6.45) is 0.911. The first-order chi connectivity index (χ1) is 13.1. The summed E-state index contributed by atoms with van der Waals surface area (Å²) in [6.45, 7) is 9.13. The second-order valence-electron chi connectivity index (χ2n) is 6.09. The molecule has 1 heterocycles. The Balaban J connectivity index is 1.93. The Bertz CT molecular complexity index is 691. The van der Waals surface area contributed by atoms with Gasteiger partial charge in [-0.15, -0.1) is 0 Å². The van der Waals surface area contributed by atoms with E-state index in [1.54, 1.807) is 7.11 Å². The first-order valence-electron chi connectivity index (χ1n) is 9.28. The van der Waals surface area contributed by atoms with Crippen molar-refractivity contribution in [3.63, 3.8) is 0 Å². The lowest BCUT2D eigenvalue weighted by Crippen LogP contribution is -2.38. The molecule has 27 heavy (non-hydrogen) atoms. The van der Waals surface area contributed by atoms with Crippen molar-refractivity contribution < 1.29 is 13.9 Å². The highest BCUT2D eigenvalue weighted by atomic mass is 16.5. The Morgan fingerprint density at radius 2 is 1.96 bits per heavy atom. The van der Waals surface area contributed by atoms with Crippen LogP contribution in [0.25, 0.3) is 0 Å². The summed E-state index contributed by atoms with van der Waals surface area (Å²) in [5.41, 5.74) is 2.02. The van der Waals surface area contributed by atoms with Crippen LogP contribution < -0.4 is 15.4 Å². The molecule has 0 aliphatic carbocycles. The quantitative estimate of drug-likeness (QED) is 0.378. The van der Waals surface area contributed by atoms with Crippen LogP contribution in [0.4, 0.5) is 0 Å². The number of aryl methyl sites for hydroxylation is 2. The Hall–Kier alpha value is -2.54. The molecule has 0 amide bonds. The van der Waals surface area contributed by atoms with Gasteiger partial charge in [0.25, 0.3) is 0 Å². The zero-order valence-corrected chi connectivity index (χ0v) is 16.7. The van der Waals surface area contributed by atoms with Crippen molar-refractivity contribution in [3.05, 3.63) is 47.2 Å². The van der Waals surface area contributed by atoms with Gasteiger partial charge in [-0.25, -0.2) is 9.98 Å². The molecular formula is C20H30N4O3. The van der Waals surface area contributed by atoms with Gasteiger partial charge in [0.15, 0.2) is 5.96 Å². The van der Waals surface area contributed by atoms with Gasteiger partial charge in [-0.1, -0.05) is 12.1 Å². The van der Waals surface area contributed by atoms with Gasteiger partial charge < -0.3 is 24.5 Å². The third-order valence-electron chi connectivity index (χ3n) is 4.02. The molecule has 0 bridgehead atoms. The summed E-state index contributed by atoms with van der Waals surface area (Å²) in [7, 11) is 1.66. The average molecular weight is 374 g/mol. The number of nitrogens with one attached hydrogen (secondary N) is 2. The van der Waals surface area contributed by atoms with Crippen LogP contribution in [0.2, 0.25) is 0 Å². The Labute approximate surface area is 161 Å². The fourth-order valence-corrected chi connectivity index (χ4v) is 2.38. The lowest BCUT2D eigenvalue weighted by atomic mass is 10.2. The van der Waals surface area contributed by atoms with Gasteiger partial charge >= 0.3 is 0 Å². The number of hydrogen-bond acceptors (Lipinski definition) is 5. The predicted molar refractivity (Wildman–Crippen MR) is 106 cm³/mol. The Morgan fingerprint density at radius 3 is 2.59 bits per heavy atom. The molecule has 0 saturated heterocycles. The van der Waals surface area contributed by atoms with Crippen LogP contribution >= 0.6 is 0 Å². The fraction of sp³-hybridized carbons (Fsp3) is 0.500. The van der Waals surface area contributed by atoms with Crippen molar-refractivity contribution in [1.82, 2.24) is 15.6 Å². The van der Waals surface area contributed by atoms with E-state index in [9.17, 15) is 0 Å². The minimum atomic E-state index is 0.481. The van der Waals surface area contributed by atoms with Gasteiger partial charge in [0, 0.05) is 19.8 Å². The molecule has 0 unspecified atom stereocenters. The van der Waals surface area contributed by atoms with E-state index in [-0.39, 0.29) is 0 Å². The second kappa shape index (κ2) is 11.2. The Morgan fingerprint density at radius 1 is 1.19 bits per heavy atom. The molecule has 0 spiro atoms. The average Bonchev–Trinajstić information content (AvgIpc) is 3.01. The minimum absolute atomic E-state index is 0.481. The van der Waals surface area contributed by atoms with E-state index in [0.29, 0.717) is 19.0 Å². The summed E-state index contributed by atoms with van der Waals surface area (Å²) in [6, 6.07) is 7.89. The van der Waals surface area contributed by atoms with Crippen LogP contribution in [0.5, 0.6) is 5.75 Å². The van der Waals surface area contributed by atoms with Crippen molar-refractivity contribution in [2.75, 3.05) is 26.9 Å². The van der Waals surface area contributed by atoms with Crippen molar-refractivity contribution in [2.45, 2.75) is 40.3 Å². The molecule has 0 saturated carbocycles. The standard InChI is InChI=1S/C20H30N4O3/c1-5-26-12-6-11-21-20(23-14-19-24-15(2)16(3)27-19)22-13-17-7-9-18(25-4)10-8-17/h7-10H,5-6,11-14H2,1-4H3,(H2,21,22,23). The number of oxazole rings is 1. The number of nitrogens with zero attached hydrogens (tertiary/aromatic N) is 2. The number of hydrogen-bond donors (Lipinski definition) is 2. The van der Waals surface area contributed by atoms with Crippen LogP contribution in [-0.4, -0.2) is 37.8 Å². The van der Waals surface area contributed by atoms with Crippen LogP contribution in [0.1, 0.15) is 36.3 Å². The number of rotatable bonds is 10. The molecule has 2 rings (SSSR count). The lowest BCUT2D eigenvalue weighted by molar-refractivity contribution is 0.145. The highest BCUT2D eigenvalue weighted by molar-refractivity contribution is 5.79. The smallest absolute Gasteiger partial charge is 0.214 e. The predicted octanol–water partition coefficient (Wildman–Crippen LogP) is 2.96. The fourth-order valence-electron chi connectivity index (χ4n) is 2.38. The molecule has 1 aromatic heterocycles. The van der Waals surface area contributed by atoms with Gasteiger partial charge in [0.2, 0.25) is 5.89 Å². The maximum atomic E-state index is 5.62. The third-order valence-corrected chi connectivity index (χ3v) is 4.02. The van der Waals surface area contributed by atoms with E-state index in [1.807, 2.05) is 45.0 Å². The molecule has 148 valence electrons. The van der Waals surface area contributed by atoms with Crippen molar-refractivity contribution in [1.29, 1.82) is 0 Å². The van der Waals surface area contributed by atoms with Crippen molar-refractivity contribution >= 4 is 5.96 Å².